The largest absolute Gasteiger partial charge is 0.322 e. The molecule has 1 unspecified atom stereocenters. The fourth-order valence-corrected chi connectivity index (χ4v) is 3.57. The number of rotatable bonds is 4. The maximum Gasteiger partial charge on any atom is 0.322 e. The van der Waals surface area contributed by atoms with Crippen molar-refractivity contribution in [2.75, 3.05) is 0 Å². The van der Waals surface area contributed by atoms with Gasteiger partial charge in [0.2, 0.25) is 0 Å². The molecule has 0 saturated carbocycles. The van der Waals surface area contributed by atoms with Crippen LogP contribution in [0.4, 0.5) is 13.6 Å². The van der Waals surface area contributed by atoms with E-state index in [0.29, 0.717) is 17.0 Å². The van der Waals surface area contributed by atoms with Gasteiger partial charge in [-0.2, -0.15) is 0 Å². The minimum atomic E-state index is -0.604. The second-order valence-electron chi connectivity index (χ2n) is 6.93. The van der Waals surface area contributed by atoms with Gasteiger partial charge in [-0.3, -0.25) is 0 Å². The van der Waals surface area contributed by atoms with Gasteiger partial charge in [-0.1, -0.05) is 31.9 Å². The van der Waals surface area contributed by atoms with Crippen LogP contribution in [0.15, 0.2) is 35.6 Å². The fraction of sp³-hybridized carbons (Fsp3) is 0.450. The summed E-state index contributed by atoms with van der Waals surface area (Å²) < 4.78 is 27.1. The van der Waals surface area contributed by atoms with Gasteiger partial charge in [0.1, 0.15) is 11.6 Å². The summed E-state index contributed by atoms with van der Waals surface area (Å²) in [6.45, 7) is 4.83. The zero-order valence-corrected chi connectivity index (χ0v) is 14.7. The standard InChI is InChI=1S/C20H24F2N2O/c1-3-4-13(2)14-5-7-17(8-6-14)23-20(25)24-11-15-9-16(21)10-19(22)18(15)12-24/h5,7,9-10,13H,3-4,6,8,11-12H2,1-2H3,(H,23,25). The Morgan fingerprint density at radius 2 is 2.04 bits per heavy atom. The first kappa shape index (κ1) is 17.6. The molecule has 1 aliphatic heterocycles. The van der Waals surface area contributed by atoms with Crippen molar-refractivity contribution in [1.29, 1.82) is 0 Å². The van der Waals surface area contributed by atoms with Crippen molar-refractivity contribution in [2.24, 2.45) is 5.92 Å². The number of carbonyl (C=O) groups excluding carboxylic acids is 1. The molecule has 0 saturated heterocycles. The molecular formula is C20H24F2N2O. The molecule has 134 valence electrons. The van der Waals surface area contributed by atoms with Crippen molar-refractivity contribution in [3.05, 3.63) is 58.3 Å². The van der Waals surface area contributed by atoms with Gasteiger partial charge >= 0.3 is 6.03 Å². The highest BCUT2D eigenvalue weighted by atomic mass is 19.1. The van der Waals surface area contributed by atoms with Crippen LogP contribution in [-0.4, -0.2) is 10.9 Å². The van der Waals surface area contributed by atoms with Crippen molar-refractivity contribution >= 4 is 6.03 Å². The van der Waals surface area contributed by atoms with Gasteiger partial charge in [-0.15, -0.1) is 0 Å². The van der Waals surface area contributed by atoms with E-state index in [1.165, 1.54) is 29.4 Å². The molecule has 0 bridgehead atoms. The molecule has 2 amide bonds. The molecule has 5 heteroatoms. The molecule has 3 nitrogen and oxygen atoms in total. The van der Waals surface area contributed by atoms with Gasteiger partial charge in [0, 0.05) is 23.9 Å². The van der Waals surface area contributed by atoms with E-state index < -0.39 is 11.6 Å². The van der Waals surface area contributed by atoms with E-state index in [1.807, 2.05) is 6.08 Å². The van der Waals surface area contributed by atoms with Crippen molar-refractivity contribution in [1.82, 2.24) is 10.2 Å². The Labute approximate surface area is 147 Å². The topological polar surface area (TPSA) is 32.3 Å². The highest BCUT2D eigenvalue weighted by Gasteiger charge is 2.27. The van der Waals surface area contributed by atoms with Gasteiger partial charge in [0.25, 0.3) is 0 Å². The third-order valence-electron chi connectivity index (χ3n) is 5.05. The van der Waals surface area contributed by atoms with E-state index >= 15 is 0 Å². The van der Waals surface area contributed by atoms with E-state index in [2.05, 4.69) is 25.2 Å². The number of nitrogens with zero attached hydrogens (tertiary/aromatic N) is 1. The number of benzene rings is 1. The molecule has 3 rings (SSSR count). The first-order valence-electron chi connectivity index (χ1n) is 8.90. The quantitative estimate of drug-likeness (QED) is 0.815. The summed E-state index contributed by atoms with van der Waals surface area (Å²) in [5.74, 6) is -0.614. The van der Waals surface area contributed by atoms with E-state index in [9.17, 15) is 13.6 Å². The Balaban J connectivity index is 1.62. The number of allylic oxidation sites excluding steroid dienone is 4. The maximum absolute atomic E-state index is 13.8. The summed E-state index contributed by atoms with van der Waals surface area (Å²) in [6.07, 6.45) is 8.16. The number of amides is 2. The molecule has 0 fully saturated rings. The van der Waals surface area contributed by atoms with Gasteiger partial charge in [0.15, 0.2) is 0 Å². The summed E-state index contributed by atoms with van der Waals surface area (Å²) in [5, 5.41) is 2.91. The summed E-state index contributed by atoms with van der Waals surface area (Å²) in [7, 11) is 0. The molecule has 0 spiro atoms. The van der Waals surface area contributed by atoms with Crippen LogP contribution in [-0.2, 0) is 13.1 Å². The average molecular weight is 346 g/mol. The first-order valence-corrected chi connectivity index (χ1v) is 8.90. The molecule has 1 N–H and O–H groups in total. The van der Waals surface area contributed by atoms with Crippen LogP contribution in [0.2, 0.25) is 0 Å². The minimum absolute atomic E-state index is 0.176. The summed E-state index contributed by atoms with van der Waals surface area (Å²) >= 11 is 0. The van der Waals surface area contributed by atoms with Gasteiger partial charge < -0.3 is 10.2 Å². The van der Waals surface area contributed by atoms with Crippen molar-refractivity contribution in [2.45, 2.75) is 52.6 Å². The molecular weight excluding hydrogens is 322 g/mol. The number of hydrogen-bond donors (Lipinski definition) is 1. The lowest BCUT2D eigenvalue weighted by Crippen LogP contribution is -2.36. The molecule has 1 aromatic rings. The normalized spacial score (nSPS) is 17.7. The van der Waals surface area contributed by atoms with Crippen LogP contribution in [0, 0.1) is 17.6 Å². The maximum atomic E-state index is 13.8. The smallest absolute Gasteiger partial charge is 0.316 e. The Bertz CT molecular complexity index is 739. The van der Waals surface area contributed by atoms with Gasteiger partial charge in [-0.25, -0.2) is 13.6 Å². The molecule has 2 aliphatic rings. The van der Waals surface area contributed by atoms with Crippen molar-refractivity contribution in [3.63, 3.8) is 0 Å². The van der Waals surface area contributed by atoms with E-state index in [0.717, 1.165) is 24.6 Å². The predicted octanol–water partition coefficient (Wildman–Crippen LogP) is 5.03. The van der Waals surface area contributed by atoms with Crippen molar-refractivity contribution in [3.8, 4) is 0 Å². The lowest BCUT2D eigenvalue weighted by molar-refractivity contribution is 0.200. The molecule has 25 heavy (non-hydrogen) atoms. The number of hydrogen-bond acceptors (Lipinski definition) is 1. The van der Waals surface area contributed by atoms with Crippen LogP contribution in [0.1, 0.15) is 50.7 Å². The van der Waals surface area contributed by atoms with Crippen LogP contribution >= 0.6 is 0 Å². The number of halogens is 2. The molecule has 0 radical (unpaired) electrons. The van der Waals surface area contributed by atoms with Gasteiger partial charge in [-0.05, 0) is 42.9 Å². The van der Waals surface area contributed by atoms with Crippen LogP contribution in [0.5, 0.6) is 0 Å². The lowest BCUT2D eigenvalue weighted by atomic mass is 9.89. The predicted molar refractivity (Wildman–Crippen MR) is 93.6 cm³/mol. The minimum Gasteiger partial charge on any atom is -0.316 e. The number of nitrogens with one attached hydrogen (secondary N) is 1. The van der Waals surface area contributed by atoms with E-state index in [-0.39, 0.29) is 19.1 Å². The summed E-state index contributed by atoms with van der Waals surface area (Å²) in [5.41, 5.74) is 3.25. The number of urea groups is 1. The van der Waals surface area contributed by atoms with Crippen molar-refractivity contribution < 1.29 is 13.6 Å². The third kappa shape index (κ3) is 3.91. The van der Waals surface area contributed by atoms with Crippen LogP contribution in [0.3, 0.4) is 0 Å². The molecule has 1 atom stereocenters. The Hall–Kier alpha value is -2.17. The lowest BCUT2D eigenvalue weighted by Gasteiger charge is -2.22. The van der Waals surface area contributed by atoms with Crippen LogP contribution in [0.25, 0.3) is 0 Å². The molecule has 1 heterocycles. The Morgan fingerprint density at radius 1 is 1.24 bits per heavy atom. The summed E-state index contributed by atoms with van der Waals surface area (Å²) in [6, 6.07) is 1.91. The molecule has 1 aliphatic carbocycles. The number of fused-ring (bicyclic) bond motifs is 1. The van der Waals surface area contributed by atoms with Gasteiger partial charge in [0.05, 0.1) is 6.54 Å². The second kappa shape index (κ2) is 7.38. The Kier molecular flexibility index (Phi) is 5.21. The molecule has 1 aromatic carbocycles. The Morgan fingerprint density at radius 3 is 2.72 bits per heavy atom. The fourth-order valence-electron chi connectivity index (χ4n) is 3.57. The number of carbonyl (C=O) groups is 1. The molecule has 0 aromatic heterocycles. The highest BCUT2D eigenvalue weighted by Crippen LogP contribution is 2.28. The zero-order chi connectivity index (χ0) is 18.0. The average Bonchev–Trinajstić information content (AvgIpc) is 3.00. The third-order valence-corrected chi connectivity index (χ3v) is 5.05. The summed E-state index contributed by atoms with van der Waals surface area (Å²) in [4.78, 5) is 13.9. The van der Waals surface area contributed by atoms with Crippen LogP contribution < -0.4 is 5.32 Å². The SMILES string of the molecule is CCCC(C)C1=CC=C(NC(=O)N2Cc3cc(F)cc(F)c3C2)CC1. The second-order valence-corrected chi connectivity index (χ2v) is 6.93. The zero-order valence-electron chi connectivity index (χ0n) is 14.7. The monoisotopic (exact) mass is 346 g/mol. The first-order chi connectivity index (χ1) is 12.0. The van der Waals surface area contributed by atoms with E-state index in [1.54, 1.807) is 0 Å². The van der Waals surface area contributed by atoms with E-state index in [4.69, 9.17) is 0 Å². The highest BCUT2D eigenvalue weighted by molar-refractivity contribution is 5.77.